The van der Waals surface area contributed by atoms with E-state index in [0.717, 1.165) is 29.2 Å². The first-order valence-electron chi connectivity index (χ1n) is 11.5. The normalized spacial score (nSPS) is 11.5. The average molecular weight is 457 g/mol. The molecule has 6 heteroatoms. The molecule has 0 heterocycles. The molecule has 0 spiro atoms. The molecule has 4 nitrogen and oxygen atoms in total. The van der Waals surface area contributed by atoms with E-state index in [1.54, 1.807) is 0 Å². The van der Waals surface area contributed by atoms with Gasteiger partial charge in [0.15, 0.2) is 0 Å². The van der Waals surface area contributed by atoms with Crippen LogP contribution in [0.4, 0.5) is 0 Å². The van der Waals surface area contributed by atoms with Gasteiger partial charge >= 0.3 is 29.6 Å². The Labute approximate surface area is 211 Å². The van der Waals surface area contributed by atoms with Gasteiger partial charge in [-0.15, -0.1) is 0 Å². The summed E-state index contributed by atoms with van der Waals surface area (Å²) in [4.78, 5) is -0.228. The van der Waals surface area contributed by atoms with Gasteiger partial charge in [0.2, 0.25) is 0 Å². The minimum Gasteiger partial charge on any atom is -0.744 e. The summed E-state index contributed by atoms with van der Waals surface area (Å²) in [6.45, 7) is 2.26. The first-order valence-corrected chi connectivity index (χ1v) is 12.9. The van der Waals surface area contributed by atoms with Crippen molar-refractivity contribution in [3.63, 3.8) is 0 Å². The minimum atomic E-state index is -4.52. The quantitative estimate of drug-likeness (QED) is 0.231. The fourth-order valence-electron chi connectivity index (χ4n) is 4.08. The van der Waals surface area contributed by atoms with Gasteiger partial charge in [0, 0.05) is 5.39 Å². The first kappa shape index (κ1) is 28.4. The molecule has 0 saturated carbocycles. The number of unbranched alkanes of at least 4 members (excludes halogenated alkanes) is 11. The van der Waals surface area contributed by atoms with Crippen LogP contribution in [0.5, 0.6) is 5.75 Å². The maximum absolute atomic E-state index is 11.5. The zero-order chi connectivity index (χ0) is 21.8. The number of rotatable bonds is 15. The zero-order valence-electron chi connectivity index (χ0n) is 19.6. The largest absolute Gasteiger partial charge is 1.00 e. The Balaban J connectivity index is 0.00000480. The Morgan fingerprint density at radius 1 is 0.806 bits per heavy atom. The molecule has 168 valence electrons. The van der Waals surface area contributed by atoms with Gasteiger partial charge in [-0.1, -0.05) is 95.8 Å². The van der Waals surface area contributed by atoms with Crippen LogP contribution in [-0.4, -0.2) is 20.1 Å². The number of benzene rings is 2. The van der Waals surface area contributed by atoms with Gasteiger partial charge in [0.05, 0.1) is 12.0 Å². The van der Waals surface area contributed by atoms with Gasteiger partial charge in [-0.25, -0.2) is 8.42 Å². The van der Waals surface area contributed by atoms with Crippen LogP contribution in [0.25, 0.3) is 10.8 Å². The Morgan fingerprint density at radius 2 is 1.35 bits per heavy atom. The SMILES string of the molecule is CCCCCCCCCCCCCCc1cccc2c(OC)cc(S(=O)(=O)[O-])cc12.[Na+]. The van der Waals surface area contributed by atoms with Crippen LogP contribution < -0.4 is 34.3 Å². The predicted molar refractivity (Wildman–Crippen MR) is 123 cm³/mol. The van der Waals surface area contributed by atoms with Crippen LogP contribution in [0.1, 0.15) is 89.5 Å². The van der Waals surface area contributed by atoms with Gasteiger partial charge < -0.3 is 9.29 Å². The fraction of sp³-hybridized carbons (Fsp3) is 0.600. The number of methoxy groups -OCH3 is 1. The van der Waals surface area contributed by atoms with Gasteiger partial charge in [0.25, 0.3) is 0 Å². The summed E-state index contributed by atoms with van der Waals surface area (Å²) in [5, 5.41) is 1.65. The number of hydrogen-bond donors (Lipinski definition) is 0. The number of hydrogen-bond acceptors (Lipinski definition) is 4. The molecule has 0 unspecified atom stereocenters. The second kappa shape index (κ2) is 15.3. The molecule has 0 aliphatic rings. The Morgan fingerprint density at radius 3 is 1.87 bits per heavy atom. The third-order valence-corrected chi connectivity index (χ3v) is 6.64. The topological polar surface area (TPSA) is 66.4 Å². The summed E-state index contributed by atoms with van der Waals surface area (Å²) in [5.41, 5.74) is 1.07. The number of ether oxygens (including phenoxy) is 1. The van der Waals surface area contributed by atoms with Crippen LogP contribution in [-0.2, 0) is 16.5 Å². The van der Waals surface area contributed by atoms with Crippen LogP contribution in [0.3, 0.4) is 0 Å². The molecule has 0 aromatic heterocycles. The van der Waals surface area contributed by atoms with Gasteiger partial charge in [-0.3, -0.25) is 0 Å². The Kier molecular flexibility index (Phi) is 14.0. The molecule has 0 aliphatic carbocycles. The molecule has 31 heavy (non-hydrogen) atoms. The molecule has 0 bridgehead atoms. The summed E-state index contributed by atoms with van der Waals surface area (Å²) < 4.78 is 39.9. The summed E-state index contributed by atoms with van der Waals surface area (Å²) in [6, 6.07) is 8.70. The maximum Gasteiger partial charge on any atom is 1.00 e. The van der Waals surface area contributed by atoms with Crippen molar-refractivity contribution in [3.8, 4) is 5.75 Å². The first-order chi connectivity index (χ1) is 14.5. The minimum absolute atomic E-state index is 0. The van der Waals surface area contributed by atoms with E-state index in [1.807, 2.05) is 18.2 Å². The number of fused-ring (bicyclic) bond motifs is 1. The fourth-order valence-corrected chi connectivity index (χ4v) is 4.59. The summed E-state index contributed by atoms with van der Waals surface area (Å²) >= 11 is 0. The monoisotopic (exact) mass is 456 g/mol. The van der Waals surface area contributed by atoms with E-state index in [1.165, 1.54) is 89.9 Å². The van der Waals surface area contributed by atoms with Crippen LogP contribution in [0.2, 0.25) is 0 Å². The predicted octanol–water partition coefficient (Wildman–Crippen LogP) is 4.00. The van der Waals surface area contributed by atoms with Crippen LogP contribution in [0, 0.1) is 0 Å². The molecule has 0 amide bonds. The van der Waals surface area contributed by atoms with E-state index in [2.05, 4.69) is 6.92 Å². The second-order valence-electron chi connectivity index (χ2n) is 8.23. The van der Waals surface area contributed by atoms with E-state index in [0.29, 0.717) is 5.75 Å². The Hall–Kier alpha value is -0.590. The van der Waals surface area contributed by atoms with E-state index >= 15 is 0 Å². The van der Waals surface area contributed by atoms with Gasteiger partial charge in [-0.2, -0.15) is 0 Å². The molecular formula is C25H37NaO4S. The standard InChI is InChI=1S/C25H38O4S.Na/c1-3-4-5-6-7-8-9-10-11-12-13-14-16-21-17-15-18-23-24(21)19-22(30(26,27)28)20-25(23)29-2;/h15,17-20H,3-14,16H2,1-2H3,(H,26,27,28);/q;+1/p-1. The molecular weight excluding hydrogens is 419 g/mol. The summed E-state index contributed by atoms with van der Waals surface area (Å²) in [7, 11) is -3.03. The van der Waals surface area contributed by atoms with E-state index in [-0.39, 0.29) is 34.5 Å². The third-order valence-electron chi connectivity index (χ3n) is 5.83. The maximum atomic E-state index is 11.5. The molecule has 0 saturated heterocycles. The Bertz CT molecular complexity index is 880. The molecule has 0 fully saturated rings. The van der Waals surface area contributed by atoms with Gasteiger partial charge in [-0.05, 0) is 35.9 Å². The molecule has 0 atom stereocenters. The van der Waals surface area contributed by atoms with Crippen molar-refractivity contribution in [2.45, 2.75) is 95.3 Å². The molecule has 2 rings (SSSR count). The summed E-state index contributed by atoms with van der Waals surface area (Å²) in [6.07, 6.45) is 16.5. The van der Waals surface area contributed by atoms with Crippen LogP contribution in [0.15, 0.2) is 35.2 Å². The smallest absolute Gasteiger partial charge is 0.744 e. The number of aryl methyl sites for hydroxylation is 1. The van der Waals surface area contributed by atoms with Crippen molar-refractivity contribution in [1.82, 2.24) is 0 Å². The van der Waals surface area contributed by atoms with E-state index < -0.39 is 10.1 Å². The van der Waals surface area contributed by atoms with Crippen molar-refractivity contribution < 1.29 is 47.3 Å². The van der Waals surface area contributed by atoms with Crippen molar-refractivity contribution in [1.29, 1.82) is 0 Å². The van der Waals surface area contributed by atoms with E-state index in [4.69, 9.17) is 4.74 Å². The molecule has 2 aromatic carbocycles. The van der Waals surface area contributed by atoms with Crippen molar-refractivity contribution >= 4 is 20.9 Å². The molecule has 2 aromatic rings. The van der Waals surface area contributed by atoms with Crippen molar-refractivity contribution in [2.75, 3.05) is 7.11 Å². The van der Waals surface area contributed by atoms with Crippen molar-refractivity contribution in [3.05, 3.63) is 35.9 Å². The second-order valence-corrected chi connectivity index (χ2v) is 9.61. The van der Waals surface area contributed by atoms with Crippen LogP contribution >= 0.6 is 0 Å². The van der Waals surface area contributed by atoms with E-state index in [9.17, 15) is 13.0 Å². The average Bonchev–Trinajstić information content (AvgIpc) is 2.73. The third kappa shape index (κ3) is 9.83. The summed E-state index contributed by atoms with van der Waals surface area (Å²) in [5.74, 6) is 0.429. The van der Waals surface area contributed by atoms with Crippen molar-refractivity contribution in [2.24, 2.45) is 0 Å². The zero-order valence-corrected chi connectivity index (χ0v) is 22.4. The van der Waals surface area contributed by atoms with Gasteiger partial charge in [0.1, 0.15) is 15.9 Å². The molecule has 0 N–H and O–H groups in total. The molecule has 0 aliphatic heterocycles. The molecule has 0 radical (unpaired) electrons.